The van der Waals surface area contributed by atoms with Crippen molar-refractivity contribution in [3.05, 3.63) is 0 Å². The van der Waals surface area contributed by atoms with Gasteiger partial charge < -0.3 is 15.1 Å². The lowest BCUT2D eigenvalue weighted by Gasteiger charge is -2.38. The fraction of sp³-hybridized carbons (Fsp3) is 0.933. The Bertz CT molecular complexity index is 313. The minimum absolute atomic E-state index is 0.268. The summed E-state index contributed by atoms with van der Waals surface area (Å²) in [6, 6.07) is 0.380. The Morgan fingerprint density at radius 1 is 1.32 bits per heavy atom. The maximum Gasteiger partial charge on any atom is 0.243 e. The smallest absolute Gasteiger partial charge is 0.243 e. The molecule has 2 fully saturated rings. The molecule has 0 radical (unpaired) electrons. The summed E-state index contributed by atoms with van der Waals surface area (Å²) in [5.41, 5.74) is -0.268. The number of rotatable bonds is 3. The number of likely N-dealkylation sites (N-methyl/N-ethyl adjacent to an activating group) is 1. The van der Waals surface area contributed by atoms with Crippen LogP contribution in [0.4, 0.5) is 0 Å². The highest BCUT2D eigenvalue weighted by atomic mass is 16.2. The van der Waals surface area contributed by atoms with Gasteiger partial charge in [-0.3, -0.25) is 4.79 Å². The van der Waals surface area contributed by atoms with Crippen LogP contribution in [0.1, 0.15) is 46.0 Å². The average Bonchev–Trinajstić information content (AvgIpc) is 2.83. The fourth-order valence-electron chi connectivity index (χ4n) is 3.58. The van der Waals surface area contributed by atoms with Gasteiger partial charge in [0.2, 0.25) is 5.91 Å². The highest BCUT2D eigenvalue weighted by molar-refractivity contribution is 5.87. The van der Waals surface area contributed by atoms with E-state index in [1.54, 1.807) is 0 Å². The topological polar surface area (TPSA) is 35.6 Å². The van der Waals surface area contributed by atoms with Crippen molar-refractivity contribution in [2.75, 3.05) is 33.2 Å². The minimum Gasteiger partial charge on any atom is -0.337 e. The molecule has 2 heterocycles. The van der Waals surface area contributed by atoms with E-state index < -0.39 is 0 Å². The van der Waals surface area contributed by atoms with Gasteiger partial charge in [0.15, 0.2) is 0 Å². The van der Waals surface area contributed by atoms with Gasteiger partial charge in [-0.05, 0) is 52.2 Å². The standard InChI is InChI=1S/C15H29N3O/c1-4-13-12-17(3)10-7-11-18(13)14(19)15(5-2)8-6-9-16-15/h13,16H,4-12H2,1-3H3. The van der Waals surface area contributed by atoms with Crippen LogP contribution in [0.15, 0.2) is 0 Å². The van der Waals surface area contributed by atoms with E-state index in [-0.39, 0.29) is 5.54 Å². The Labute approximate surface area is 117 Å². The lowest BCUT2D eigenvalue weighted by Crippen LogP contribution is -2.57. The third-order valence-electron chi connectivity index (χ3n) is 4.89. The molecule has 2 aliphatic heterocycles. The predicted octanol–water partition coefficient (Wildman–Crippen LogP) is 1.46. The minimum atomic E-state index is -0.268. The van der Waals surface area contributed by atoms with Gasteiger partial charge in [-0.15, -0.1) is 0 Å². The van der Waals surface area contributed by atoms with Crippen LogP contribution >= 0.6 is 0 Å². The third kappa shape index (κ3) is 2.95. The fourth-order valence-corrected chi connectivity index (χ4v) is 3.58. The highest BCUT2D eigenvalue weighted by Crippen LogP contribution is 2.27. The van der Waals surface area contributed by atoms with Crippen LogP contribution in [-0.2, 0) is 4.79 Å². The Hall–Kier alpha value is -0.610. The van der Waals surface area contributed by atoms with Crippen LogP contribution in [0, 0.1) is 0 Å². The summed E-state index contributed by atoms with van der Waals surface area (Å²) < 4.78 is 0. The summed E-state index contributed by atoms with van der Waals surface area (Å²) >= 11 is 0. The first-order chi connectivity index (χ1) is 9.13. The van der Waals surface area contributed by atoms with E-state index >= 15 is 0 Å². The van der Waals surface area contributed by atoms with E-state index in [1.807, 2.05) is 0 Å². The maximum absolute atomic E-state index is 13.0. The van der Waals surface area contributed by atoms with Gasteiger partial charge in [0.05, 0.1) is 5.54 Å². The Kier molecular flexibility index (Phi) is 4.85. The number of amides is 1. The van der Waals surface area contributed by atoms with E-state index in [0.29, 0.717) is 11.9 Å². The van der Waals surface area contributed by atoms with Crippen molar-refractivity contribution >= 4 is 5.91 Å². The molecule has 2 unspecified atom stereocenters. The molecule has 2 atom stereocenters. The van der Waals surface area contributed by atoms with Crippen LogP contribution in [-0.4, -0.2) is 60.5 Å². The second kappa shape index (κ2) is 6.23. The van der Waals surface area contributed by atoms with E-state index in [1.165, 1.54) is 0 Å². The summed E-state index contributed by atoms with van der Waals surface area (Å²) in [6.07, 6.45) is 5.19. The molecule has 1 N–H and O–H groups in total. The van der Waals surface area contributed by atoms with Crippen LogP contribution in [0.5, 0.6) is 0 Å². The van der Waals surface area contributed by atoms with E-state index in [4.69, 9.17) is 0 Å². The molecule has 0 spiro atoms. The molecule has 0 aromatic carbocycles. The average molecular weight is 267 g/mol. The number of nitrogens with zero attached hydrogens (tertiary/aromatic N) is 2. The van der Waals surface area contributed by atoms with Gasteiger partial charge in [-0.1, -0.05) is 13.8 Å². The zero-order chi connectivity index (χ0) is 13.9. The number of carbonyl (C=O) groups excluding carboxylic acids is 1. The van der Waals surface area contributed by atoms with Gasteiger partial charge in [0, 0.05) is 19.1 Å². The summed E-state index contributed by atoms with van der Waals surface area (Å²) in [5.74, 6) is 0.356. The zero-order valence-corrected chi connectivity index (χ0v) is 12.7. The number of nitrogens with one attached hydrogen (secondary N) is 1. The lowest BCUT2D eigenvalue weighted by atomic mass is 9.91. The van der Waals surface area contributed by atoms with Gasteiger partial charge >= 0.3 is 0 Å². The molecule has 0 saturated carbocycles. The van der Waals surface area contributed by atoms with Crippen molar-refractivity contribution in [2.24, 2.45) is 0 Å². The highest BCUT2D eigenvalue weighted by Gasteiger charge is 2.43. The molecule has 0 aromatic rings. The molecular formula is C15H29N3O. The van der Waals surface area contributed by atoms with Gasteiger partial charge in [0.1, 0.15) is 0 Å². The third-order valence-corrected chi connectivity index (χ3v) is 4.89. The molecule has 4 nitrogen and oxygen atoms in total. The van der Waals surface area contributed by atoms with Gasteiger partial charge in [-0.2, -0.15) is 0 Å². The first-order valence-corrected chi connectivity index (χ1v) is 7.87. The van der Waals surface area contributed by atoms with E-state index in [9.17, 15) is 4.79 Å². The maximum atomic E-state index is 13.0. The number of hydrogen-bond acceptors (Lipinski definition) is 3. The summed E-state index contributed by atoms with van der Waals surface area (Å²) in [7, 11) is 2.17. The first kappa shape index (κ1) is 14.8. The zero-order valence-electron chi connectivity index (χ0n) is 12.7. The van der Waals surface area contributed by atoms with Crippen LogP contribution in [0.25, 0.3) is 0 Å². The monoisotopic (exact) mass is 267 g/mol. The number of hydrogen-bond donors (Lipinski definition) is 1. The number of carbonyl (C=O) groups is 1. The Morgan fingerprint density at radius 3 is 2.68 bits per heavy atom. The van der Waals surface area contributed by atoms with Crippen molar-refractivity contribution in [1.82, 2.24) is 15.1 Å². The second-order valence-corrected chi connectivity index (χ2v) is 6.14. The summed E-state index contributed by atoms with van der Waals surface area (Å²) in [6.45, 7) is 8.37. The normalized spacial score (nSPS) is 33.4. The molecule has 2 aliphatic rings. The molecule has 110 valence electrons. The van der Waals surface area contributed by atoms with Gasteiger partial charge in [-0.25, -0.2) is 0 Å². The molecule has 2 rings (SSSR count). The molecule has 19 heavy (non-hydrogen) atoms. The summed E-state index contributed by atoms with van der Waals surface area (Å²) in [5, 5.41) is 3.49. The molecule has 0 aliphatic carbocycles. The molecule has 2 saturated heterocycles. The van der Waals surface area contributed by atoms with Crippen molar-refractivity contribution in [3.8, 4) is 0 Å². The molecule has 4 heteroatoms. The molecule has 1 amide bonds. The van der Waals surface area contributed by atoms with Crippen LogP contribution in [0.3, 0.4) is 0 Å². The lowest BCUT2D eigenvalue weighted by molar-refractivity contribution is -0.140. The Balaban J connectivity index is 2.15. The quantitative estimate of drug-likeness (QED) is 0.841. The van der Waals surface area contributed by atoms with Crippen molar-refractivity contribution in [1.29, 1.82) is 0 Å². The van der Waals surface area contributed by atoms with Gasteiger partial charge in [0.25, 0.3) is 0 Å². The SMILES string of the molecule is CCC1CN(C)CCCN1C(=O)C1(CC)CCCN1. The van der Waals surface area contributed by atoms with Crippen molar-refractivity contribution < 1.29 is 4.79 Å². The first-order valence-electron chi connectivity index (χ1n) is 7.87. The van der Waals surface area contributed by atoms with Crippen molar-refractivity contribution in [2.45, 2.75) is 57.5 Å². The summed E-state index contributed by atoms with van der Waals surface area (Å²) in [4.78, 5) is 17.6. The molecule has 0 aromatic heterocycles. The largest absolute Gasteiger partial charge is 0.337 e. The van der Waals surface area contributed by atoms with Crippen LogP contribution < -0.4 is 5.32 Å². The molecule has 0 bridgehead atoms. The van der Waals surface area contributed by atoms with Crippen molar-refractivity contribution in [3.63, 3.8) is 0 Å². The van der Waals surface area contributed by atoms with E-state index in [2.05, 4.69) is 36.0 Å². The molecular weight excluding hydrogens is 238 g/mol. The van der Waals surface area contributed by atoms with E-state index in [0.717, 1.165) is 58.3 Å². The Morgan fingerprint density at radius 2 is 2.11 bits per heavy atom. The predicted molar refractivity (Wildman–Crippen MR) is 78.2 cm³/mol. The van der Waals surface area contributed by atoms with Crippen LogP contribution in [0.2, 0.25) is 0 Å². The second-order valence-electron chi connectivity index (χ2n) is 6.14.